The fourth-order valence-corrected chi connectivity index (χ4v) is 2.80. The highest BCUT2D eigenvalue weighted by molar-refractivity contribution is 6.32. The van der Waals surface area contributed by atoms with Crippen molar-refractivity contribution in [3.05, 3.63) is 27.8 Å². The Balaban J connectivity index is 2.44. The van der Waals surface area contributed by atoms with Crippen molar-refractivity contribution < 1.29 is 4.74 Å². The molecular formula is C15H22ClNO. The molecule has 18 heavy (non-hydrogen) atoms. The highest BCUT2D eigenvalue weighted by Gasteiger charge is 2.30. The molecule has 1 N–H and O–H groups in total. The fourth-order valence-electron chi connectivity index (χ4n) is 2.65. The summed E-state index contributed by atoms with van der Waals surface area (Å²) < 4.78 is 5.86. The zero-order valence-electron chi connectivity index (χ0n) is 11.6. The highest BCUT2D eigenvalue weighted by atomic mass is 35.5. The quantitative estimate of drug-likeness (QED) is 0.893. The van der Waals surface area contributed by atoms with Gasteiger partial charge in [0.15, 0.2) is 0 Å². The van der Waals surface area contributed by atoms with Crippen LogP contribution < -0.4 is 10.1 Å². The number of fused-ring (bicyclic) bond motifs is 1. The van der Waals surface area contributed by atoms with Gasteiger partial charge in [-0.3, -0.25) is 0 Å². The minimum absolute atomic E-state index is 0.354. The van der Waals surface area contributed by atoms with E-state index in [4.69, 9.17) is 16.3 Å². The first-order chi connectivity index (χ1) is 8.56. The third-order valence-electron chi connectivity index (χ3n) is 3.69. The Kier molecular flexibility index (Phi) is 4.18. The Morgan fingerprint density at radius 1 is 1.44 bits per heavy atom. The molecule has 0 aliphatic carbocycles. The van der Waals surface area contributed by atoms with Gasteiger partial charge in [-0.25, -0.2) is 0 Å². The van der Waals surface area contributed by atoms with E-state index in [1.165, 1.54) is 5.56 Å². The van der Waals surface area contributed by atoms with Crippen LogP contribution in [0.3, 0.4) is 0 Å². The number of halogens is 1. The summed E-state index contributed by atoms with van der Waals surface area (Å²) in [5.74, 6) is 1.47. The van der Waals surface area contributed by atoms with Gasteiger partial charge in [0.2, 0.25) is 0 Å². The van der Waals surface area contributed by atoms with E-state index < -0.39 is 0 Å². The summed E-state index contributed by atoms with van der Waals surface area (Å²) in [6, 6.07) is 2.42. The van der Waals surface area contributed by atoms with Gasteiger partial charge in [-0.1, -0.05) is 25.4 Å². The van der Waals surface area contributed by atoms with Gasteiger partial charge in [0, 0.05) is 22.5 Å². The monoisotopic (exact) mass is 267 g/mol. The molecule has 1 aromatic carbocycles. The van der Waals surface area contributed by atoms with Crippen LogP contribution in [0.25, 0.3) is 0 Å². The van der Waals surface area contributed by atoms with Crippen molar-refractivity contribution in [2.75, 3.05) is 13.2 Å². The lowest BCUT2D eigenvalue weighted by molar-refractivity contribution is 0.188. The standard InChI is InChI=1S/C15H22ClNO/c1-5-6-17-15-10(3)8-18-12-7-9(2)14(16)11(4)13(12)15/h7,10,15,17H,5-6,8H2,1-4H3. The summed E-state index contributed by atoms with van der Waals surface area (Å²) in [4.78, 5) is 0. The molecule has 1 heterocycles. The van der Waals surface area contributed by atoms with E-state index in [1.54, 1.807) is 0 Å². The molecule has 2 nitrogen and oxygen atoms in total. The van der Waals surface area contributed by atoms with E-state index in [0.717, 1.165) is 41.5 Å². The Labute approximate surface area is 115 Å². The van der Waals surface area contributed by atoms with Crippen LogP contribution in [0, 0.1) is 19.8 Å². The third kappa shape index (κ3) is 2.36. The molecule has 0 saturated heterocycles. The van der Waals surface area contributed by atoms with Crippen molar-refractivity contribution in [3.8, 4) is 5.75 Å². The number of aryl methyl sites for hydroxylation is 1. The first kappa shape index (κ1) is 13.7. The number of hydrogen-bond donors (Lipinski definition) is 1. The van der Waals surface area contributed by atoms with Crippen molar-refractivity contribution in [1.82, 2.24) is 5.32 Å². The molecule has 100 valence electrons. The summed E-state index contributed by atoms with van der Waals surface area (Å²) >= 11 is 6.38. The van der Waals surface area contributed by atoms with Crippen LogP contribution >= 0.6 is 11.6 Å². The third-order valence-corrected chi connectivity index (χ3v) is 4.27. The van der Waals surface area contributed by atoms with Crippen LogP contribution in [0.1, 0.15) is 43.0 Å². The van der Waals surface area contributed by atoms with E-state index in [9.17, 15) is 0 Å². The Hall–Kier alpha value is -0.730. The maximum absolute atomic E-state index is 6.38. The molecule has 2 unspecified atom stereocenters. The summed E-state index contributed by atoms with van der Waals surface area (Å²) in [5.41, 5.74) is 3.50. The van der Waals surface area contributed by atoms with Crippen LogP contribution in [0.2, 0.25) is 5.02 Å². The number of rotatable bonds is 3. The lowest BCUT2D eigenvalue weighted by Crippen LogP contribution is -2.35. The van der Waals surface area contributed by atoms with Gasteiger partial charge in [-0.2, -0.15) is 0 Å². The van der Waals surface area contributed by atoms with E-state index >= 15 is 0 Å². The van der Waals surface area contributed by atoms with Gasteiger partial charge in [0.25, 0.3) is 0 Å². The lowest BCUT2D eigenvalue weighted by atomic mass is 9.88. The second-order valence-corrected chi connectivity index (χ2v) is 5.64. The number of hydrogen-bond acceptors (Lipinski definition) is 2. The maximum Gasteiger partial charge on any atom is 0.124 e. The molecule has 1 aliphatic rings. The molecule has 1 aliphatic heterocycles. The van der Waals surface area contributed by atoms with Gasteiger partial charge < -0.3 is 10.1 Å². The van der Waals surface area contributed by atoms with E-state index in [2.05, 4.69) is 32.2 Å². The van der Waals surface area contributed by atoms with Gasteiger partial charge in [-0.15, -0.1) is 0 Å². The summed E-state index contributed by atoms with van der Waals surface area (Å²) in [5, 5.41) is 4.50. The normalized spacial score (nSPS) is 22.5. The summed E-state index contributed by atoms with van der Waals surface area (Å²) in [7, 11) is 0. The minimum Gasteiger partial charge on any atom is -0.493 e. The largest absolute Gasteiger partial charge is 0.493 e. The predicted octanol–water partition coefficient (Wildman–Crippen LogP) is 4.03. The van der Waals surface area contributed by atoms with Gasteiger partial charge in [0.1, 0.15) is 5.75 Å². The van der Waals surface area contributed by atoms with E-state index in [-0.39, 0.29) is 0 Å². The van der Waals surface area contributed by atoms with Gasteiger partial charge >= 0.3 is 0 Å². The molecule has 0 amide bonds. The number of nitrogens with one attached hydrogen (secondary N) is 1. The Morgan fingerprint density at radius 3 is 2.83 bits per heavy atom. The smallest absolute Gasteiger partial charge is 0.124 e. The van der Waals surface area contributed by atoms with E-state index in [0.29, 0.717) is 12.0 Å². The summed E-state index contributed by atoms with van der Waals surface area (Å²) in [6.45, 7) is 10.3. The SMILES string of the molecule is CCCNC1c2c(cc(C)c(Cl)c2C)OCC1C. The van der Waals surface area contributed by atoms with Crippen LogP contribution in [0.4, 0.5) is 0 Å². The molecule has 0 spiro atoms. The van der Waals surface area contributed by atoms with E-state index in [1.807, 2.05) is 6.92 Å². The van der Waals surface area contributed by atoms with Crippen LogP contribution in [0.5, 0.6) is 5.75 Å². The Bertz CT molecular complexity index is 445. The van der Waals surface area contributed by atoms with Crippen molar-refractivity contribution >= 4 is 11.6 Å². The van der Waals surface area contributed by atoms with Crippen LogP contribution in [-0.2, 0) is 0 Å². The van der Waals surface area contributed by atoms with Crippen LogP contribution in [0.15, 0.2) is 6.07 Å². The topological polar surface area (TPSA) is 21.3 Å². The number of benzene rings is 1. The second kappa shape index (κ2) is 5.50. The number of ether oxygens (including phenoxy) is 1. The first-order valence-electron chi connectivity index (χ1n) is 6.72. The highest BCUT2D eigenvalue weighted by Crippen LogP contribution is 2.41. The molecule has 2 rings (SSSR count). The first-order valence-corrected chi connectivity index (χ1v) is 7.09. The van der Waals surface area contributed by atoms with Gasteiger partial charge in [0.05, 0.1) is 6.61 Å². The van der Waals surface area contributed by atoms with Crippen LogP contribution in [-0.4, -0.2) is 13.2 Å². The molecular weight excluding hydrogens is 246 g/mol. The van der Waals surface area contributed by atoms with Crippen molar-refractivity contribution in [2.24, 2.45) is 5.92 Å². The second-order valence-electron chi connectivity index (χ2n) is 5.26. The molecule has 0 fully saturated rings. The van der Waals surface area contributed by atoms with Crippen molar-refractivity contribution in [2.45, 2.75) is 40.2 Å². The zero-order chi connectivity index (χ0) is 13.3. The molecule has 0 radical (unpaired) electrons. The van der Waals surface area contributed by atoms with Gasteiger partial charge in [-0.05, 0) is 44.0 Å². The molecule has 3 heteroatoms. The molecule has 0 bridgehead atoms. The molecule has 1 aromatic rings. The molecule has 0 aromatic heterocycles. The average Bonchev–Trinajstić information content (AvgIpc) is 2.35. The zero-order valence-corrected chi connectivity index (χ0v) is 12.4. The van der Waals surface area contributed by atoms with Crippen molar-refractivity contribution in [1.29, 1.82) is 0 Å². The average molecular weight is 268 g/mol. The summed E-state index contributed by atoms with van der Waals surface area (Å²) in [6.07, 6.45) is 1.14. The Morgan fingerprint density at radius 2 is 2.17 bits per heavy atom. The fraction of sp³-hybridized carbons (Fsp3) is 0.600. The maximum atomic E-state index is 6.38. The van der Waals surface area contributed by atoms with Crippen molar-refractivity contribution in [3.63, 3.8) is 0 Å². The lowest BCUT2D eigenvalue weighted by Gasteiger charge is -2.34. The molecule has 0 saturated carbocycles. The molecule has 2 atom stereocenters. The predicted molar refractivity (Wildman–Crippen MR) is 76.6 cm³/mol. The minimum atomic E-state index is 0.354.